The van der Waals surface area contributed by atoms with E-state index in [9.17, 15) is 22.8 Å². The molecule has 1 aromatic heterocycles. The summed E-state index contributed by atoms with van der Waals surface area (Å²) >= 11 is 0. The molecular weight excluding hydrogens is 505 g/mol. The highest BCUT2D eigenvalue weighted by Gasteiger charge is 2.32. The van der Waals surface area contributed by atoms with Crippen LogP contribution in [0, 0.1) is 13.8 Å². The van der Waals surface area contributed by atoms with Gasteiger partial charge in [-0.15, -0.1) is 0 Å². The molecule has 1 aliphatic rings. The number of nitrogens with zero attached hydrogens (tertiary/aromatic N) is 3. The number of fused-ring (bicyclic) bond motifs is 1. The fourth-order valence-corrected chi connectivity index (χ4v) is 5.07. The van der Waals surface area contributed by atoms with E-state index in [2.05, 4.69) is 10.4 Å². The Bertz CT molecular complexity index is 1390. The van der Waals surface area contributed by atoms with Crippen molar-refractivity contribution in [1.82, 2.24) is 20.0 Å². The molecule has 0 saturated heterocycles. The number of nitrogens with one attached hydrogen (secondary N) is 1. The van der Waals surface area contributed by atoms with Crippen molar-refractivity contribution in [1.29, 1.82) is 0 Å². The second-order valence-corrected chi connectivity index (χ2v) is 11.2. The highest BCUT2D eigenvalue weighted by molar-refractivity contribution is 5.99. The van der Waals surface area contributed by atoms with E-state index < -0.39 is 17.3 Å². The average molecular weight is 541 g/mol. The van der Waals surface area contributed by atoms with Gasteiger partial charge >= 0.3 is 12.2 Å². The molecule has 2 aromatic carbocycles. The van der Waals surface area contributed by atoms with Gasteiger partial charge in [0.2, 0.25) is 0 Å². The summed E-state index contributed by atoms with van der Waals surface area (Å²) in [5.74, 6) is -0.0542. The van der Waals surface area contributed by atoms with Crippen LogP contribution in [0.5, 0.6) is 0 Å². The quantitative estimate of drug-likeness (QED) is 0.353. The maximum atomic E-state index is 13.4. The first-order valence-electron chi connectivity index (χ1n) is 13.2. The minimum absolute atomic E-state index is 0.0542. The summed E-state index contributed by atoms with van der Waals surface area (Å²) < 4.78 is 42.2. The largest absolute Gasteiger partial charge is 0.416 e. The molecule has 208 valence electrons. The lowest BCUT2D eigenvalue weighted by atomic mass is 9.85. The molecule has 0 spiro atoms. The molecule has 0 fully saturated rings. The van der Waals surface area contributed by atoms with Gasteiger partial charge in [-0.3, -0.25) is 9.48 Å². The maximum absolute atomic E-state index is 13.4. The molecular formula is C30H35F3N4O2. The monoisotopic (exact) mass is 540 g/mol. The van der Waals surface area contributed by atoms with Gasteiger partial charge in [-0.2, -0.15) is 18.3 Å². The van der Waals surface area contributed by atoms with Crippen molar-refractivity contribution < 1.29 is 22.8 Å². The van der Waals surface area contributed by atoms with E-state index in [-0.39, 0.29) is 18.4 Å². The number of alkyl halides is 3. The minimum atomic E-state index is -4.46. The van der Waals surface area contributed by atoms with Gasteiger partial charge in [0.15, 0.2) is 5.78 Å². The summed E-state index contributed by atoms with van der Waals surface area (Å²) in [6.45, 7) is 10.8. The molecule has 2 heterocycles. The van der Waals surface area contributed by atoms with Crippen LogP contribution in [0.15, 0.2) is 42.5 Å². The van der Waals surface area contributed by atoms with E-state index in [4.69, 9.17) is 0 Å². The lowest BCUT2D eigenvalue weighted by Crippen LogP contribution is -2.50. The number of Topliss-reactive ketones (excluding diaryl/α,β-unsaturated/α-hetero) is 1. The number of carbonyl (C=O) groups is 2. The molecule has 2 amide bonds. The van der Waals surface area contributed by atoms with Gasteiger partial charge in [-0.05, 0) is 87.9 Å². The molecule has 39 heavy (non-hydrogen) atoms. The predicted molar refractivity (Wildman–Crippen MR) is 145 cm³/mol. The molecule has 1 N–H and O–H groups in total. The van der Waals surface area contributed by atoms with Gasteiger partial charge in [0.05, 0.1) is 11.3 Å². The first kappa shape index (κ1) is 28.4. The highest BCUT2D eigenvalue weighted by atomic mass is 19.4. The number of aryl methyl sites for hydroxylation is 3. The first-order valence-corrected chi connectivity index (χ1v) is 13.2. The van der Waals surface area contributed by atoms with E-state index in [0.717, 1.165) is 29.1 Å². The van der Waals surface area contributed by atoms with Gasteiger partial charge < -0.3 is 10.2 Å². The standard InChI is InChI=1S/C30H35F3N4O2/c1-19-16-20(2)37(35-19)14-7-10-27(38)25-12-11-23(21-8-6-9-22(17-21)30(31,32)33)24-13-15-36(18-26(24)25)28(39)34-29(3,4)5/h6,8-9,11-12,16-17H,7,10,13-15,18H2,1-5H3,(H,34,39). The van der Waals surface area contributed by atoms with Gasteiger partial charge in [-0.25, -0.2) is 4.79 Å². The Morgan fingerprint density at radius 3 is 2.41 bits per heavy atom. The van der Waals surface area contributed by atoms with Crippen molar-refractivity contribution in [3.8, 4) is 11.1 Å². The molecule has 0 radical (unpaired) electrons. The number of rotatable bonds is 6. The van der Waals surface area contributed by atoms with E-state index in [1.54, 1.807) is 23.1 Å². The number of hydrogen-bond acceptors (Lipinski definition) is 3. The van der Waals surface area contributed by atoms with Crippen molar-refractivity contribution in [2.45, 2.75) is 78.7 Å². The van der Waals surface area contributed by atoms with Crippen LogP contribution in [0.4, 0.5) is 18.0 Å². The van der Waals surface area contributed by atoms with Gasteiger partial charge in [0.1, 0.15) is 0 Å². The van der Waals surface area contributed by atoms with Crippen LogP contribution in [0.2, 0.25) is 0 Å². The fourth-order valence-electron chi connectivity index (χ4n) is 5.07. The third-order valence-electron chi connectivity index (χ3n) is 6.86. The third kappa shape index (κ3) is 6.69. The van der Waals surface area contributed by atoms with Crippen molar-refractivity contribution in [2.75, 3.05) is 6.54 Å². The highest BCUT2D eigenvalue weighted by Crippen LogP contribution is 2.37. The Labute approximate surface area is 227 Å². The Kier molecular flexibility index (Phi) is 7.91. The molecule has 0 bridgehead atoms. The summed E-state index contributed by atoms with van der Waals surface area (Å²) in [6.07, 6.45) is -3.13. The summed E-state index contributed by atoms with van der Waals surface area (Å²) in [5, 5.41) is 7.42. The van der Waals surface area contributed by atoms with Crippen LogP contribution in [-0.4, -0.2) is 38.6 Å². The summed E-state index contributed by atoms with van der Waals surface area (Å²) in [6, 6.07) is 10.4. The molecule has 0 atom stereocenters. The van der Waals surface area contributed by atoms with E-state index in [0.29, 0.717) is 54.6 Å². The number of aromatic nitrogens is 2. The zero-order valence-electron chi connectivity index (χ0n) is 23.1. The Morgan fingerprint density at radius 1 is 1.03 bits per heavy atom. The van der Waals surface area contributed by atoms with Gasteiger partial charge in [0, 0.05) is 42.9 Å². The number of urea groups is 1. The zero-order valence-corrected chi connectivity index (χ0v) is 23.1. The number of ketones is 1. The second kappa shape index (κ2) is 10.9. The smallest absolute Gasteiger partial charge is 0.333 e. The lowest BCUT2D eigenvalue weighted by Gasteiger charge is -2.34. The number of halogens is 3. The summed E-state index contributed by atoms with van der Waals surface area (Å²) in [5.41, 5.74) is 3.94. The van der Waals surface area contributed by atoms with Crippen molar-refractivity contribution in [2.24, 2.45) is 0 Å². The fraction of sp³-hybridized carbons (Fsp3) is 0.433. The molecule has 1 aliphatic heterocycles. The van der Waals surface area contributed by atoms with Crippen LogP contribution in [-0.2, 0) is 25.7 Å². The maximum Gasteiger partial charge on any atom is 0.416 e. The van der Waals surface area contributed by atoms with Gasteiger partial charge in [-0.1, -0.05) is 24.3 Å². The lowest BCUT2D eigenvalue weighted by molar-refractivity contribution is -0.137. The summed E-state index contributed by atoms with van der Waals surface area (Å²) in [4.78, 5) is 28.1. The first-order chi connectivity index (χ1) is 18.2. The number of amides is 2. The molecule has 3 aromatic rings. The Balaban J connectivity index is 1.66. The van der Waals surface area contributed by atoms with Gasteiger partial charge in [0.25, 0.3) is 0 Å². The van der Waals surface area contributed by atoms with Crippen molar-refractivity contribution >= 4 is 11.8 Å². The van der Waals surface area contributed by atoms with Crippen molar-refractivity contribution in [3.63, 3.8) is 0 Å². The SMILES string of the molecule is Cc1cc(C)n(CCCC(=O)c2ccc(-c3cccc(C(F)(F)F)c3)c3c2CN(C(=O)NC(C)(C)C)CC3)n1. The second-order valence-electron chi connectivity index (χ2n) is 11.2. The van der Waals surface area contributed by atoms with E-state index >= 15 is 0 Å². The number of benzene rings is 2. The molecule has 0 saturated carbocycles. The van der Waals surface area contributed by atoms with Crippen LogP contribution in [0.1, 0.15) is 72.0 Å². The molecule has 0 aliphatic carbocycles. The number of carbonyl (C=O) groups excluding carboxylic acids is 2. The van der Waals surface area contributed by atoms with Crippen LogP contribution in [0.3, 0.4) is 0 Å². The minimum Gasteiger partial charge on any atom is -0.333 e. The third-order valence-corrected chi connectivity index (χ3v) is 6.86. The molecule has 4 rings (SSSR count). The van der Waals surface area contributed by atoms with E-state index in [1.165, 1.54) is 6.07 Å². The average Bonchev–Trinajstić information content (AvgIpc) is 3.17. The van der Waals surface area contributed by atoms with E-state index in [1.807, 2.05) is 45.4 Å². The van der Waals surface area contributed by atoms with Crippen LogP contribution >= 0.6 is 0 Å². The Morgan fingerprint density at radius 2 is 1.77 bits per heavy atom. The summed E-state index contributed by atoms with van der Waals surface area (Å²) in [7, 11) is 0. The Hall–Kier alpha value is -3.62. The normalized spacial score (nSPS) is 13.8. The molecule has 6 nitrogen and oxygen atoms in total. The topological polar surface area (TPSA) is 67.2 Å². The molecule has 0 unspecified atom stereocenters. The van der Waals surface area contributed by atoms with Crippen LogP contribution in [0.25, 0.3) is 11.1 Å². The predicted octanol–water partition coefficient (Wildman–Crippen LogP) is 6.72. The van der Waals surface area contributed by atoms with Crippen molar-refractivity contribution in [3.05, 3.63) is 76.1 Å². The zero-order chi connectivity index (χ0) is 28.5. The molecule has 9 heteroatoms. The van der Waals surface area contributed by atoms with Crippen LogP contribution < -0.4 is 5.32 Å². The number of hydrogen-bond donors (Lipinski definition) is 1.